The van der Waals surface area contributed by atoms with Gasteiger partial charge in [-0.1, -0.05) is 39.5 Å². The average Bonchev–Trinajstić information content (AvgIpc) is 3.02. The molecule has 8 heteroatoms. The fourth-order valence-electron chi connectivity index (χ4n) is 5.06. The number of unbranched alkanes of at least 4 members (excludes halogenated alkanes) is 4. The van der Waals surface area contributed by atoms with Crippen molar-refractivity contribution in [2.45, 2.75) is 90.9 Å². The predicted molar refractivity (Wildman–Crippen MR) is 171 cm³/mol. The highest BCUT2D eigenvalue weighted by Crippen LogP contribution is 2.23. The summed E-state index contributed by atoms with van der Waals surface area (Å²) >= 11 is 0. The first-order valence-corrected chi connectivity index (χ1v) is 15.9. The lowest BCUT2D eigenvalue weighted by Gasteiger charge is -2.14. The Labute approximate surface area is 261 Å². The molecule has 0 aliphatic heterocycles. The minimum absolute atomic E-state index is 0.0624. The van der Waals surface area contributed by atoms with E-state index >= 15 is 0 Å². The number of Topliss-reactive ketones (excluding diaryl/α,β-unsaturated/α-hetero) is 2. The standard InChI is InChI=1S/C36H48O8/c1-3-27(13-7-5-9-15-33(37)38)35(41)29-17-21-31(22-18-29)43-25-11-12-26-44-32-23-19-30(20-24-32)36(42)28(4-2)14-8-6-10-16-34(39)40/h11-12,17-24,27-28H,3-10,13-16,25-26H2,1-2H3,(H,37,38)(H,39,40)/b12-11-. The van der Waals surface area contributed by atoms with Gasteiger partial charge in [-0.3, -0.25) is 19.2 Å². The van der Waals surface area contributed by atoms with Gasteiger partial charge < -0.3 is 19.7 Å². The zero-order valence-corrected chi connectivity index (χ0v) is 26.2. The molecule has 2 aromatic rings. The van der Waals surface area contributed by atoms with Crippen molar-refractivity contribution in [2.24, 2.45) is 11.8 Å². The van der Waals surface area contributed by atoms with Crippen LogP contribution in [0.4, 0.5) is 0 Å². The third-order valence-corrected chi connectivity index (χ3v) is 7.75. The molecule has 240 valence electrons. The van der Waals surface area contributed by atoms with Crippen molar-refractivity contribution in [1.82, 2.24) is 0 Å². The number of carboxylic acid groups (broad SMARTS) is 2. The maximum Gasteiger partial charge on any atom is 0.303 e. The number of ether oxygens (including phenoxy) is 2. The fraction of sp³-hybridized carbons (Fsp3) is 0.500. The van der Waals surface area contributed by atoms with Gasteiger partial charge in [0, 0.05) is 35.8 Å². The molecule has 2 rings (SSSR count). The van der Waals surface area contributed by atoms with E-state index in [-0.39, 0.29) is 36.2 Å². The number of ketones is 2. The lowest BCUT2D eigenvalue weighted by molar-refractivity contribution is -0.138. The van der Waals surface area contributed by atoms with Gasteiger partial charge in [-0.2, -0.15) is 0 Å². The molecule has 2 atom stereocenters. The summed E-state index contributed by atoms with van der Waals surface area (Å²) in [5.41, 5.74) is 1.31. The second kappa shape index (κ2) is 20.9. The van der Waals surface area contributed by atoms with Crippen molar-refractivity contribution >= 4 is 23.5 Å². The van der Waals surface area contributed by atoms with Crippen LogP contribution in [-0.2, 0) is 9.59 Å². The fourth-order valence-corrected chi connectivity index (χ4v) is 5.06. The molecule has 0 fully saturated rings. The van der Waals surface area contributed by atoms with Crippen molar-refractivity contribution in [1.29, 1.82) is 0 Å². The molecule has 0 heterocycles. The Morgan fingerprint density at radius 1 is 0.591 bits per heavy atom. The summed E-state index contributed by atoms with van der Waals surface area (Å²) in [6, 6.07) is 14.3. The summed E-state index contributed by atoms with van der Waals surface area (Å²) in [5, 5.41) is 17.5. The summed E-state index contributed by atoms with van der Waals surface area (Å²) in [6.45, 7) is 4.72. The van der Waals surface area contributed by atoms with Gasteiger partial charge in [0.2, 0.25) is 0 Å². The second-order valence-corrected chi connectivity index (χ2v) is 11.1. The van der Waals surface area contributed by atoms with Gasteiger partial charge in [0.05, 0.1) is 0 Å². The number of hydrogen-bond donors (Lipinski definition) is 2. The van der Waals surface area contributed by atoms with Crippen LogP contribution in [0.2, 0.25) is 0 Å². The zero-order chi connectivity index (χ0) is 32.2. The van der Waals surface area contributed by atoms with Crippen LogP contribution in [0.1, 0.15) is 112 Å². The third-order valence-electron chi connectivity index (χ3n) is 7.75. The number of carbonyl (C=O) groups is 4. The summed E-state index contributed by atoms with van der Waals surface area (Å²) in [4.78, 5) is 47.1. The average molecular weight is 609 g/mol. The van der Waals surface area contributed by atoms with Crippen LogP contribution in [0.25, 0.3) is 0 Å². The SMILES string of the molecule is CCC(CCCCCC(=O)O)C(=O)c1ccc(OC/C=C\COc2ccc(C(=O)C(CC)CCCCCC(=O)O)cc2)cc1. The minimum Gasteiger partial charge on any atom is -0.490 e. The summed E-state index contributed by atoms with van der Waals surface area (Å²) < 4.78 is 11.5. The molecular formula is C36H48O8. The predicted octanol–water partition coefficient (Wildman–Crippen LogP) is 8.19. The first kappa shape index (κ1) is 36.3. The largest absolute Gasteiger partial charge is 0.490 e. The van der Waals surface area contributed by atoms with Crippen LogP contribution < -0.4 is 9.47 Å². The topological polar surface area (TPSA) is 127 Å². The molecule has 2 unspecified atom stereocenters. The van der Waals surface area contributed by atoms with Crippen molar-refractivity contribution in [3.8, 4) is 11.5 Å². The van der Waals surface area contributed by atoms with Gasteiger partial charge in [0.25, 0.3) is 0 Å². The van der Waals surface area contributed by atoms with E-state index in [0.29, 0.717) is 48.7 Å². The molecule has 0 saturated carbocycles. The lowest BCUT2D eigenvalue weighted by Crippen LogP contribution is -2.14. The third kappa shape index (κ3) is 14.0. The highest BCUT2D eigenvalue weighted by Gasteiger charge is 2.19. The smallest absolute Gasteiger partial charge is 0.303 e. The van der Waals surface area contributed by atoms with Gasteiger partial charge in [-0.05, 0) is 99.2 Å². The van der Waals surface area contributed by atoms with Crippen LogP contribution in [0.15, 0.2) is 60.7 Å². The highest BCUT2D eigenvalue weighted by molar-refractivity contribution is 5.98. The number of benzene rings is 2. The van der Waals surface area contributed by atoms with E-state index in [1.54, 1.807) is 48.5 Å². The van der Waals surface area contributed by atoms with E-state index < -0.39 is 11.9 Å². The van der Waals surface area contributed by atoms with Gasteiger partial charge in [0.1, 0.15) is 24.7 Å². The molecule has 0 radical (unpaired) electrons. The Morgan fingerprint density at radius 2 is 0.955 bits per heavy atom. The van der Waals surface area contributed by atoms with E-state index in [9.17, 15) is 19.2 Å². The minimum atomic E-state index is -0.780. The van der Waals surface area contributed by atoms with E-state index in [0.717, 1.165) is 51.4 Å². The van der Waals surface area contributed by atoms with Crippen LogP contribution in [0.5, 0.6) is 11.5 Å². The first-order chi connectivity index (χ1) is 21.2. The maximum absolute atomic E-state index is 12.9. The summed E-state index contributed by atoms with van der Waals surface area (Å²) in [6.07, 6.45) is 11.7. The number of carboxylic acids is 2. The molecule has 0 aliphatic rings. The van der Waals surface area contributed by atoms with Crippen molar-refractivity contribution in [3.63, 3.8) is 0 Å². The van der Waals surface area contributed by atoms with Crippen LogP contribution in [0.3, 0.4) is 0 Å². The van der Waals surface area contributed by atoms with Crippen molar-refractivity contribution in [3.05, 3.63) is 71.8 Å². The number of hydrogen-bond acceptors (Lipinski definition) is 6. The summed E-state index contributed by atoms with van der Waals surface area (Å²) in [5.74, 6) is -0.126. The van der Waals surface area contributed by atoms with Crippen LogP contribution in [-0.4, -0.2) is 46.9 Å². The summed E-state index contributed by atoms with van der Waals surface area (Å²) in [7, 11) is 0. The first-order valence-electron chi connectivity index (χ1n) is 15.9. The number of carbonyl (C=O) groups excluding carboxylic acids is 2. The zero-order valence-electron chi connectivity index (χ0n) is 26.2. The molecule has 0 spiro atoms. The van der Waals surface area contributed by atoms with Gasteiger partial charge in [-0.25, -0.2) is 0 Å². The van der Waals surface area contributed by atoms with Crippen LogP contribution in [0, 0.1) is 11.8 Å². The Bertz CT molecular complexity index is 1090. The Hall–Kier alpha value is -3.94. The molecule has 0 aliphatic carbocycles. The van der Waals surface area contributed by atoms with E-state index in [2.05, 4.69) is 0 Å². The molecule has 0 aromatic heterocycles. The molecular weight excluding hydrogens is 560 g/mol. The second-order valence-electron chi connectivity index (χ2n) is 11.1. The van der Waals surface area contributed by atoms with Gasteiger partial charge in [0.15, 0.2) is 11.6 Å². The number of aliphatic carboxylic acids is 2. The molecule has 2 aromatic carbocycles. The molecule has 2 N–H and O–H groups in total. The van der Waals surface area contributed by atoms with Crippen molar-refractivity contribution < 1.29 is 38.9 Å². The Morgan fingerprint density at radius 3 is 1.27 bits per heavy atom. The molecule has 44 heavy (non-hydrogen) atoms. The lowest BCUT2D eigenvalue weighted by atomic mass is 9.90. The van der Waals surface area contributed by atoms with E-state index in [4.69, 9.17) is 19.7 Å². The highest BCUT2D eigenvalue weighted by atomic mass is 16.5. The normalized spacial score (nSPS) is 12.5. The molecule has 0 saturated heterocycles. The van der Waals surface area contributed by atoms with Gasteiger partial charge in [-0.15, -0.1) is 0 Å². The molecule has 8 nitrogen and oxygen atoms in total. The van der Waals surface area contributed by atoms with E-state index in [1.807, 2.05) is 26.0 Å². The van der Waals surface area contributed by atoms with Crippen molar-refractivity contribution in [2.75, 3.05) is 13.2 Å². The molecule has 0 amide bonds. The van der Waals surface area contributed by atoms with Gasteiger partial charge >= 0.3 is 11.9 Å². The maximum atomic E-state index is 12.9. The monoisotopic (exact) mass is 608 g/mol. The Kier molecular flexibility index (Phi) is 17.2. The van der Waals surface area contributed by atoms with Crippen LogP contribution >= 0.6 is 0 Å². The quantitative estimate of drug-likeness (QED) is 0.0694. The van der Waals surface area contributed by atoms with E-state index in [1.165, 1.54) is 0 Å². The Balaban J connectivity index is 1.70. The number of rotatable bonds is 24. The molecule has 0 bridgehead atoms.